The first-order chi connectivity index (χ1) is 9.49. The van der Waals surface area contributed by atoms with E-state index in [1.165, 1.54) is 23.3 Å². The average molecular weight is 309 g/mol. The number of rotatable bonds is 5. The van der Waals surface area contributed by atoms with Crippen molar-refractivity contribution in [1.29, 1.82) is 0 Å². The maximum absolute atomic E-state index is 4.64. The smallest absolute Gasteiger partial charge is 0.175 e. The quantitative estimate of drug-likeness (QED) is 0.851. The number of hydrogen-bond donors (Lipinski definition) is 1. The van der Waals surface area contributed by atoms with Gasteiger partial charge in [0.1, 0.15) is 23.0 Å². The Kier molecular flexibility index (Phi) is 4.93. The summed E-state index contributed by atoms with van der Waals surface area (Å²) in [6, 6.07) is 1.97. The summed E-state index contributed by atoms with van der Waals surface area (Å²) in [6.45, 7) is 9.39. The lowest BCUT2D eigenvalue weighted by molar-refractivity contribution is 0.539. The molecule has 0 aliphatic rings. The molecule has 0 aromatic carbocycles. The molecule has 2 aromatic rings. The second kappa shape index (κ2) is 6.49. The fraction of sp³-hybridized carbons (Fsp3) is 0.538. The largest absolute Gasteiger partial charge is 0.370 e. The molecular formula is C13H19N5S2. The minimum atomic E-state index is -0.0830. The summed E-state index contributed by atoms with van der Waals surface area (Å²) in [6.07, 6.45) is 2.63. The first-order valence-corrected chi connectivity index (χ1v) is 8.16. The van der Waals surface area contributed by atoms with E-state index in [2.05, 4.69) is 52.3 Å². The molecule has 0 aliphatic heterocycles. The van der Waals surface area contributed by atoms with Crippen molar-refractivity contribution in [2.45, 2.75) is 48.9 Å². The Hall–Kier alpha value is -1.21. The van der Waals surface area contributed by atoms with Crippen LogP contribution in [-0.4, -0.2) is 25.9 Å². The molecular weight excluding hydrogens is 290 g/mol. The van der Waals surface area contributed by atoms with Crippen LogP contribution in [0.1, 0.15) is 39.9 Å². The number of nitrogens with one attached hydrogen (secondary N) is 1. The fourth-order valence-corrected chi connectivity index (χ4v) is 2.85. The van der Waals surface area contributed by atoms with Crippen LogP contribution in [0.5, 0.6) is 0 Å². The first-order valence-electron chi connectivity index (χ1n) is 6.57. The Labute approximate surface area is 127 Å². The van der Waals surface area contributed by atoms with Gasteiger partial charge in [-0.25, -0.2) is 15.0 Å². The lowest BCUT2D eigenvalue weighted by Crippen LogP contribution is -2.17. The molecule has 2 heterocycles. The monoisotopic (exact) mass is 309 g/mol. The van der Waals surface area contributed by atoms with E-state index in [-0.39, 0.29) is 5.41 Å². The molecule has 0 unspecified atom stereocenters. The van der Waals surface area contributed by atoms with Gasteiger partial charge in [0.2, 0.25) is 0 Å². The Morgan fingerprint density at radius 1 is 1.30 bits per heavy atom. The normalized spacial score (nSPS) is 11.6. The molecule has 0 saturated heterocycles. The van der Waals surface area contributed by atoms with E-state index >= 15 is 0 Å². The van der Waals surface area contributed by atoms with Crippen LogP contribution in [0.4, 0.5) is 5.82 Å². The van der Waals surface area contributed by atoms with Gasteiger partial charge < -0.3 is 5.32 Å². The zero-order valence-electron chi connectivity index (χ0n) is 12.2. The zero-order chi connectivity index (χ0) is 14.6. The van der Waals surface area contributed by atoms with Crippen molar-refractivity contribution in [2.75, 3.05) is 11.9 Å². The van der Waals surface area contributed by atoms with Crippen LogP contribution in [0.3, 0.4) is 0 Å². The Morgan fingerprint density at radius 2 is 2.10 bits per heavy atom. The van der Waals surface area contributed by atoms with Gasteiger partial charge in [-0.2, -0.15) is 4.37 Å². The van der Waals surface area contributed by atoms with Gasteiger partial charge in [-0.15, -0.1) is 0 Å². The zero-order valence-corrected chi connectivity index (χ0v) is 13.8. The summed E-state index contributed by atoms with van der Waals surface area (Å²) < 4.78 is 4.91. The summed E-state index contributed by atoms with van der Waals surface area (Å²) in [4.78, 5) is 13.4. The Balaban J connectivity index is 2.29. The number of hydrogen-bond acceptors (Lipinski definition) is 7. The predicted molar refractivity (Wildman–Crippen MR) is 83.5 cm³/mol. The summed E-state index contributed by atoms with van der Waals surface area (Å²) in [5.74, 6) is 1.71. The van der Waals surface area contributed by atoms with Crippen LogP contribution in [-0.2, 0) is 5.41 Å². The molecule has 108 valence electrons. The lowest BCUT2D eigenvalue weighted by atomic mass is 9.96. The molecule has 2 rings (SSSR count). The van der Waals surface area contributed by atoms with E-state index in [1.807, 2.05) is 6.07 Å². The number of nitrogens with zero attached hydrogens (tertiary/aromatic N) is 4. The molecule has 0 amide bonds. The SMILES string of the molecule is CCCNc1cc(Sc2ncns2)nc(C(C)(C)C)n1. The first kappa shape index (κ1) is 15.2. The molecule has 0 atom stereocenters. The maximum Gasteiger partial charge on any atom is 0.175 e. The molecule has 0 spiro atoms. The fourth-order valence-electron chi connectivity index (χ4n) is 1.45. The third-order valence-electron chi connectivity index (χ3n) is 2.46. The highest BCUT2D eigenvalue weighted by molar-refractivity contribution is 8.00. The highest BCUT2D eigenvalue weighted by Crippen LogP contribution is 2.30. The van der Waals surface area contributed by atoms with Gasteiger partial charge in [0.05, 0.1) is 0 Å². The van der Waals surface area contributed by atoms with Crippen molar-refractivity contribution in [1.82, 2.24) is 19.3 Å². The van der Waals surface area contributed by atoms with Crippen LogP contribution < -0.4 is 5.32 Å². The molecule has 5 nitrogen and oxygen atoms in total. The van der Waals surface area contributed by atoms with E-state index in [4.69, 9.17) is 0 Å². The van der Waals surface area contributed by atoms with E-state index < -0.39 is 0 Å². The molecule has 2 aromatic heterocycles. The number of aromatic nitrogens is 4. The minimum Gasteiger partial charge on any atom is -0.370 e. The molecule has 20 heavy (non-hydrogen) atoms. The van der Waals surface area contributed by atoms with Crippen molar-refractivity contribution in [3.05, 3.63) is 18.2 Å². The standard InChI is InChI=1S/C13H19N5S2/c1-5-6-14-9-7-10(19-12-15-8-16-20-12)18-11(17-9)13(2,3)4/h7-8H,5-6H2,1-4H3,(H,14,17,18). The summed E-state index contributed by atoms with van der Waals surface area (Å²) in [5, 5.41) is 4.23. The Bertz CT molecular complexity index is 548. The molecule has 1 N–H and O–H groups in total. The van der Waals surface area contributed by atoms with Crippen LogP contribution >= 0.6 is 23.3 Å². The van der Waals surface area contributed by atoms with Crippen molar-refractivity contribution >= 4 is 29.1 Å². The summed E-state index contributed by atoms with van der Waals surface area (Å²) >= 11 is 2.90. The molecule has 0 aliphatic carbocycles. The van der Waals surface area contributed by atoms with E-state index in [0.717, 1.165) is 34.0 Å². The summed E-state index contributed by atoms with van der Waals surface area (Å²) in [7, 11) is 0. The van der Waals surface area contributed by atoms with Gasteiger partial charge >= 0.3 is 0 Å². The van der Waals surface area contributed by atoms with Crippen LogP contribution in [0.15, 0.2) is 21.8 Å². The van der Waals surface area contributed by atoms with Gasteiger partial charge in [-0.05, 0) is 29.7 Å². The van der Waals surface area contributed by atoms with Gasteiger partial charge in [0.25, 0.3) is 0 Å². The molecule has 0 saturated carbocycles. The second-order valence-corrected chi connectivity index (χ2v) is 7.45. The van der Waals surface area contributed by atoms with Gasteiger partial charge in [-0.1, -0.05) is 27.7 Å². The van der Waals surface area contributed by atoms with Crippen molar-refractivity contribution in [3.8, 4) is 0 Å². The van der Waals surface area contributed by atoms with Crippen LogP contribution in [0, 0.1) is 0 Å². The van der Waals surface area contributed by atoms with E-state index in [0.29, 0.717) is 0 Å². The highest BCUT2D eigenvalue weighted by Gasteiger charge is 2.19. The third kappa shape index (κ3) is 4.14. The number of anilines is 1. The van der Waals surface area contributed by atoms with E-state index in [9.17, 15) is 0 Å². The topological polar surface area (TPSA) is 63.6 Å². The van der Waals surface area contributed by atoms with Gasteiger partial charge in [0, 0.05) is 18.0 Å². The molecule has 0 radical (unpaired) electrons. The van der Waals surface area contributed by atoms with Crippen molar-refractivity contribution in [3.63, 3.8) is 0 Å². The lowest BCUT2D eigenvalue weighted by Gasteiger charge is -2.18. The van der Waals surface area contributed by atoms with Crippen molar-refractivity contribution in [2.24, 2.45) is 0 Å². The second-order valence-electron chi connectivity index (χ2n) is 5.40. The maximum atomic E-state index is 4.64. The van der Waals surface area contributed by atoms with Gasteiger partial charge in [-0.3, -0.25) is 0 Å². The Morgan fingerprint density at radius 3 is 2.70 bits per heavy atom. The predicted octanol–water partition coefficient (Wildman–Crippen LogP) is 3.60. The molecule has 0 fully saturated rings. The third-order valence-corrected chi connectivity index (χ3v) is 4.10. The average Bonchev–Trinajstić information content (AvgIpc) is 2.88. The minimum absolute atomic E-state index is 0.0830. The van der Waals surface area contributed by atoms with Gasteiger partial charge in [0.15, 0.2) is 4.34 Å². The highest BCUT2D eigenvalue weighted by atomic mass is 32.2. The molecule has 7 heteroatoms. The van der Waals surface area contributed by atoms with Crippen LogP contribution in [0.2, 0.25) is 0 Å². The summed E-state index contributed by atoms with van der Waals surface area (Å²) in [5.41, 5.74) is -0.0830. The molecule has 0 bridgehead atoms. The van der Waals surface area contributed by atoms with Crippen LogP contribution in [0.25, 0.3) is 0 Å². The van der Waals surface area contributed by atoms with Crippen molar-refractivity contribution < 1.29 is 0 Å². The van der Waals surface area contributed by atoms with E-state index in [1.54, 1.807) is 6.33 Å².